The maximum atomic E-state index is 12.9. The summed E-state index contributed by atoms with van der Waals surface area (Å²) in [5.74, 6) is 0. The van der Waals surface area contributed by atoms with Gasteiger partial charge in [-0.15, -0.1) is 0 Å². The third-order valence-electron chi connectivity index (χ3n) is 2.62. The van der Waals surface area contributed by atoms with E-state index in [0.717, 1.165) is 18.3 Å². The van der Waals surface area contributed by atoms with Crippen LogP contribution in [-0.4, -0.2) is 9.91 Å². The molecule has 5 nitrogen and oxygen atoms in total. The molecule has 0 amide bonds. The number of alkyl halides is 3. The van der Waals surface area contributed by atoms with E-state index in [1.807, 2.05) is 0 Å². The summed E-state index contributed by atoms with van der Waals surface area (Å²) in [6.07, 6.45) is -3.58. The lowest BCUT2D eigenvalue weighted by atomic mass is 10.0. The van der Waals surface area contributed by atoms with Crippen LogP contribution in [0.25, 0.3) is 11.1 Å². The number of nitrogens with zero attached hydrogens (tertiary/aromatic N) is 1. The first-order valence-corrected chi connectivity index (χ1v) is 5.34. The normalized spacial score (nSPS) is 11.3. The van der Waals surface area contributed by atoms with Gasteiger partial charge in [-0.2, -0.15) is 13.2 Å². The molecule has 1 aromatic heterocycles. The van der Waals surface area contributed by atoms with Gasteiger partial charge in [-0.3, -0.25) is 14.9 Å². The van der Waals surface area contributed by atoms with Crippen molar-refractivity contribution < 1.29 is 18.1 Å². The highest BCUT2D eigenvalue weighted by atomic mass is 19.4. The van der Waals surface area contributed by atoms with Crippen molar-refractivity contribution in [2.75, 3.05) is 0 Å². The molecule has 0 unspecified atom stereocenters. The number of rotatable bonds is 2. The molecule has 0 aliphatic heterocycles. The van der Waals surface area contributed by atoms with Crippen molar-refractivity contribution in [1.29, 1.82) is 0 Å². The van der Waals surface area contributed by atoms with Crippen molar-refractivity contribution in [3.63, 3.8) is 0 Å². The molecule has 2 rings (SSSR count). The number of aromatic amines is 1. The molecule has 8 heteroatoms. The van der Waals surface area contributed by atoms with E-state index in [1.54, 1.807) is 0 Å². The standard InChI is InChI=1S/C12H7F3N2O3/c13-12(14,15)9-4-2-1-3-8(9)7-5-10(17(19)20)11(18)16-6-7/h1-6H,(H,16,18). The van der Waals surface area contributed by atoms with Crippen LogP contribution in [0, 0.1) is 10.1 Å². The predicted molar refractivity (Wildman–Crippen MR) is 64.2 cm³/mol. The molecule has 1 aromatic carbocycles. The smallest absolute Gasteiger partial charge is 0.323 e. The van der Waals surface area contributed by atoms with Gasteiger partial charge in [0, 0.05) is 17.8 Å². The van der Waals surface area contributed by atoms with Crippen LogP contribution in [0.5, 0.6) is 0 Å². The number of halogens is 3. The van der Waals surface area contributed by atoms with Gasteiger partial charge in [0.2, 0.25) is 0 Å². The second kappa shape index (κ2) is 4.80. The fourth-order valence-electron chi connectivity index (χ4n) is 1.74. The SMILES string of the molecule is O=c1[nH]cc(-c2ccccc2C(F)(F)F)cc1[N+](=O)[O-]. The molecule has 20 heavy (non-hydrogen) atoms. The average molecular weight is 284 g/mol. The van der Waals surface area contributed by atoms with Crippen molar-refractivity contribution in [1.82, 2.24) is 4.98 Å². The van der Waals surface area contributed by atoms with Crippen molar-refractivity contribution in [3.8, 4) is 11.1 Å². The monoisotopic (exact) mass is 284 g/mol. The van der Waals surface area contributed by atoms with Gasteiger partial charge in [-0.25, -0.2) is 0 Å². The Labute approximate surface area is 109 Å². The van der Waals surface area contributed by atoms with Gasteiger partial charge >= 0.3 is 17.4 Å². The highest BCUT2D eigenvalue weighted by Gasteiger charge is 2.33. The van der Waals surface area contributed by atoms with E-state index in [4.69, 9.17) is 0 Å². The summed E-state index contributed by atoms with van der Waals surface area (Å²) in [5, 5.41) is 10.7. The minimum atomic E-state index is -4.60. The molecule has 0 aliphatic carbocycles. The van der Waals surface area contributed by atoms with Crippen molar-refractivity contribution in [2.24, 2.45) is 0 Å². The summed E-state index contributed by atoms with van der Waals surface area (Å²) in [4.78, 5) is 23.0. The molecule has 0 aliphatic rings. The Hall–Kier alpha value is -2.64. The maximum Gasteiger partial charge on any atom is 0.417 e. The third-order valence-corrected chi connectivity index (χ3v) is 2.62. The van der Waals surface area contributed by atoms with Crippen LogP contribution in [0.4, 0.5) is 18.9 Å². The highest BCUT2D eigenvalue weighted by Crippen LogP contribution is 2.36. The molecule has 0 saturated heterocycles. The lowest BCUT2D eigenvalue weighted by molar-refractivity contribution is -0.386. The zero-order chi connectivity index (χ0) is 14.9. The molecule has 0 atom stereocenters. The van der Waals surface area contributed by atoms with Crippen LogP contribution in [0.3, 0.4) is 0 Å². The zero-order valence-corrected chi connectivity index (χ0v) is 9.77. The van der Waals surface area contributed by atoms with Crippen LogP contribution < -0.4 is 5.56 Å². The minimum Gasteiger partial charge on any atom is -0.323 e. The Morgan fingerprint density at radius 1 is 1.20 bits per heavy atom. The van der Waals surface area contributed by atoms with Crippen molar-refractivity contribution >= 4 is 5.69 Å². The van der Waals surface area contributed by atoms with E-state index < -0.39 is 27.9 Å². The van der Waals surface area contributed by atoms with E-state index in [1.165, 1.54) is 18.2 Å². The molecule has 0 radical (unpaired) electrons. The van der Waals surface area contributed by atoms with Crippen molar-refractivity contribution in [3.05, 3.63) is 62.6 Å². The Morgan fingerprint density at radius 2 is 1.85 bits per heavy atom. The lowest BCUT2D eigenvalue weighted by Gasteiger charge is -2.12. The number of nitrogens with one attached hydrogen (secondary N) is 1. The molecule has 0 saturated carbocycles. The lowest BCUT2D eigenvalue weighted by Crippen LogP contribution is -2.12. The summed E-state index contributed by atoms with van der Waals surface area (Å²) < 4.78 is 38.6. The first-order valence-electron chi connectivity index (χ1n) is 5.34. The van der Waals surface area contributed by atoms with E-state index in [-0.39, 0.29) is 11.1 Å². The minimum absolute atomic E-state index is 0.0794. The number of pyridine rings is 1. The highest BCUT2D eigenvalue weighted by molar-refractivity contribution is 5.69. The fourth-order valence-corrected chi connectivity index (χ4v) is 1.74. The number of hydrogen-bond acceptors (Lipinski definition) is 3. The third kappa shape index (κ3) is 2.53. The summed E-state index contributed by atoms with van der Waals surface area (Å²) in [6, 6.07) is 5.46. The topological polar surface area (TPSA) is 76.0 Å². The van der Waals surface area contributed by atoms with Crippen LogP contribution in [-0.2, 0) is 6.18 Å². The van der Waals surface area contributed by atoms with Gasteiger partial charge in [0.05, 0.1) is 10.5 Å². The van der Waals surface area contributed by atoms with Crippen LogP contribution in [0.1, 0.15) is 5.56 Å². The van der Waals surface area contributed by atoms with Crippen LogP contribution in [0.2, 0.25) is 0 Å². The molecule has 1 heterocycles. The largest absolute Gasteiger partial charge is 0.417 e. The summed E-state index contributed by atoms with van der Waals surface area (Å²) in [7, 11) is 0. The molecule has 0 fully saturated rings. The van der Waals surface area contributed by atoms with Gasteiger partial charge in [0.25, 0.3) is 0 Å². The number of nitro groups is 1. The van der Waals surface area contributed by atoms with E-state index in [9.17, 15) is 28.1 Å². The van der Waals surface area contributed by atoms with E-state index in [2.05, 4.69) is 4.98 Å². The number of H-pyrrole nitrogens is 1. The fraction of sp³-hybridized carbons (Fsp3) is 0.0833. The van der Waals surface area contributed by atoms with Crippen LogP contribution >= 0.6 is 0 Å². The summed E-state index contributed by atoms with van der Waals surface area (Å²) in [5.41, 5.74) is -3.02. The Balaban J connectivity index is 2.67. The quantitative estimate of drug-likeness (QED) is 0.680. The molecule has 104 valence electrons. The molecule has 2 aromatic rings. The molecule has 0 spiro atoms. The van der Waals surface area contributed by atoms with E-state index >= 15 is 0 Å². The average Bonchev–Trinajstić information content (AvgIpc) is 2.38. The second-order valence-electron chi connectivity index (χ2n) is 3.90. The molecule has 0 bridgehead atoms. The zero-order valence-electron chi connectivity index (χ0n) is 9.77. The molecule has 1 N–H and O–H groups in total. The first-order chi connectivity index (χ1) is 9.30. The summed E-state index contributed by atoms with van der Waals surface area (Å²) in [6.45, 7) is 0. The van der Waals surface area contributed by atoms with Gasteiger partial charge < -0.3 is 4.98 Å². The predicted octanol–water partition coefficient (Wildman–Crippen LogP) is 2.97. The number of aromatic nitrogens is 1. The Bertz CT molecular complexity index is 722. The maximum absolute atomic E-state index is 12.9. The number of hydrogen-bond donors (Lipinski definition) is 1. The summed E-state index contributed by atoms with van der Waals surface area (Å²) >= 11 is 0. The Kier molecular flexibility index (Phi) is 3.31. The second-order valence-corrected chi connectivity index (χ2v) is 3.90. The molecular weight excluding hydrogens is 277 g/mol. The van der Waals surface area contributed by atoms with Gasteiger partial charge in [0.15, 0.2) is 0 Å². The molecular formula is C12H7F3N2O3. The Morgan fingerprint density at radius 3 is 2.45 bits per heavy atom. The van der Waals surface area contributed by atoms with E-state index in [0.29, 0.717) is 0 Å². The van der Waals surface area contributed by atoms with Gasteiger partial charge in [-0.05, 0) is 11.6 Å². The van der Waals surface area contributed by atoms with Gasteiger partial charge in [0.1, 0.15) is 0 Å². The van der Waals surface area contributed by atoms with Crippen molar-refractivity contribution in [2.45, 2.75) is 6.18 Å². The first kappa shape index (κ1) is 13.8. The van der Waals surface area contributed by atoms with Crippen LogP contribution in [0.15, 0.2) is 41.3 Å². The number of benzene rings is 1. The van der Waals surface area contributed by atoms with Gasteiger partial charge in [-0.1, -0.05) is 18.2 Å².